The average molecular weight is 475 g/mol. The first-order valence-corrected chi connectivity index (χ1v) is 12.8. The lowest BCUT2D eigenvalue weighted by atomic mass is 9.84. The Labute approximate surface area is 217 Å². The largest absolute Gasteiger partial charge is 0.231 e. The van der Waals surface area contributed by atoms with E-state index in [1.807, 2.05) is 18.2 Å². The quantitative estimate of drug-likeness (QED) is 0.256. The number of fused-ring (bicyclic) bond motifs is 5. The lowest BCUT2D eigenvalue weighted by Gasteiger charge is -2.21. The van der Waals surface area contributed by atoms with Crippen LogP contribution in [-0.4, -0.2) is 9.97 Å². The molecule has 0 spiro atoms. The van der Waals surface area contributed by atoms with E-state index < -0.39 is 0 Å². The third-order valence-corrected chi connectivity index (χ3v) is 7.65. The molecule has 0 unspecified atom stereocenters. The number of hydrogen-bond donors (Lipinski definition) is 0. The van der Waals surface area contributed by atoms with Crippen LogP contribution in [0.3, 0.4) is 0 Å². The number of nitrogens with zero attached hydrogens (tertiary/aromatic N) is 2. The fourth-order valence-corrected chi connectivity index (χ4v) is 5.72. The van der Waals surface area contributed by atoms with E-state index in [4.69, 9.17) is 9.97 Å². The molecular weight excluding hydrogens is 448 g/mol. The SMILES string of the molecule is CC1(C)c2ccc3ccccc3c2-c2c(-c3ccc(-c4ccccc4)cc3)nc(-c3ccccc3)nc21. The van der Waals surface area contributed by atoms with Crippen LogP contribution in [-0.2, 0) is 5.41 Å². The van der Waals surface area contributed by atoms with Gasteiger partial charge in [0.2, 0.25) is 0 Å². The summed E-state index contributed by atoms with van der Waals surface area (Å²) in [5.74, 6) is 0.770. The van der Waals surface area contributed by atoms with Crippen molar-refractivity contribution in [2.24, 2.45) is 0 Å². The fraction of sp³-hybridized carbons (Fsp3) is 0.0857. The highest BCUT2D eigenvalue weighted by Gasteiger charge is 2.40. The van der Waals surface area contributed by atoms with Crippen molar-refractivity contribution in [3.05, 3.63) is 133 Å². The van der Waals surface area contributed by atoms with Gasteiger partial charge in [0.1, 0.15) is 0 Å². The molecular formula is C35H26N2. The maximum Gasteiger partial charge on any atom is 0.160 e. The average Bonchev–Trinajstić information content (AvgIpc) is 3.20. The van der Waals surface area contributed by atoms with E-state index in [0.29, 0.717) is 0 Å². The van der Waals surface area contributed by atoms with Crippen LogP contribution >= 0.6 is 0 Å². The third kappa shape index (κ3) is 3.41. The van der Waals surface area contributed by atoms with Gasteiger partial charge in [-0.1, -0.05) is 135 Å². The molecule has 0 bridgehead atoms. The molecule has 2 heteroatoms. The maximum absolute atomic E-state index is 5.25. The van der Waals surface area contributed by atoms with Gasteiger partial charge in [-0.15, -0.1) is 0 Å². The summed E-state index contributed by atoms with van der Waals surface area (Å²) in [5, 5.41) is 2.49. The second kappa shape index (κ2) is 8.25. The second-order valence-corrected chi connectivity index (χ2v) is 10.3. The van der Waals surface area contributed by atoms with Gasteiger partial charge in [-0.3, -0.25) is 0 Å². The predicted molar refractivity (Wildman–Crippen MR) is 153 cm³/mol. The van der Waals surface area contributed by atoms with Crippen LogP contribution in [0.4, 0.5) is 0 Å². The molecule has 2 nitrogen and oxygen atoms in total. The summed E-state index contributed by atoms with van der Waals surface area (Å²) in [5.41, 5.74) is 10.1. The van der Waals surface area contributed by atoms with Gasteiger partial charge in [0.05, 0.1) is 11.4 Å². The molecule has 0 aliphatic heterocycles. The van der Waals surface area contributed by atoms with Gasteiger partial charge in [0.15, 0.2) is 5.82 Å². The number of aromatic nitrogens is 2. The first-order chi connectivity index (χ1) is 18.1. The van der Waals surface area contributed by atoms with E-state index in [1.165, 1.54) is 33.0 Å². The first kappa shape index (κ1) is 21.7. The number of rotatable bonds is 3. The molecule has 0 saturated heterocycles. The van der Waals surface area contributed by atoms with E-state index in [1.54, 1.807) is 0 Å². The van der Waals surface area contributed by atoms with E-state index in [2.05, 4.69) is 117 Å². The molecule has 0 fully saturated rings. The molecule has 5 aromatic carbocycles. The van der Waals surface area contributed by atoms with Crippen molar-refractivity contribution in [3.8, 4) is 44.9 Å². The van der Waals surface area contributed by atoms with Gasteiger partial charge in [-0.25, -0.2) is 9.97 Å². The molecule has 6 aromatic rings. The highest BCUT2D eigenvalue weighted by molar-refractivity contribution is 6.05. The topological polar surface area (TPSA) is 25.8 Å². The first-order valence-electron chi connectivity index (χ1n) is 12.8. The molecule has 1 aliphatic carbocycles. The molecule has 1 heterocycles. The minimum atomic E-state index is -0.236. The van der Waals surface area contributed by atoms with Crippen molar-refractivity contribution in [2.45, 2.75) is 19.3 Å². The van der Waals surface area contributed by atoms with Gasteiger partial charge < -0.3 is 0 Å². The van der Waals surface area contributed by atoms with E-state index in [9.17, 15) is 0 Å². The van der Waals surface area contributed by atoms with Crippen molar-refractivity contribution in [2.75, 3.05) is 0 Å². The summed E-state index contributed by atoms with van der Waals surface area (Å²) in [6.07, 6.45) is 0. The fourth-order valence-electron chi connectivity index (χ4n) is 5.72. The van der Waals surface area contributed by atoms with Crippen LogP contribution in [0.25, 0.3) is 55.7 Å². The Balaban J connectivity index is 1.52. The van der Waals surface area contributed by atoms with Crippen molar-refractivity contribution < 1.29 is 0 Å². The summed E-state index contributed by atoms with van der Waals surface area (Å²) in [6.45, 7) is 4.58. The van der Waals surface area contributed by atoms with Gasteiger partial charge >= 0.3 is 0 Å². The molecule has 0 saturated carbocycles. The minimum absolute atomic E-state index is 0.236. The Kier molecular flexibility index (Phi) is 4.84. The van der Waals surface area contributed by atoms with Gasteiger partial charge in [0.25, 0.3) is 0 Å². The molecule has 1 aromatic heterocycles. The lowest BCUT2D eigenvalue weighted by Crippen LogP contribution is -2.17. The van der Waals surface area contributed by atoms with Crippen molar-refractivity contribution in [1.82, 2.24) is 9.97 Å². The number of benzene rings is 5. The molecule has 7 rings (SSSR count). The normalized spacial score (nSPS) is 13.4. The molecule has 0 atom stereocenters. The summed E-state index contributed by atoms with van der Waals surface area (Å²) in [7, 11) is 0. The zero-order chi connectivity index (χ0) is 25.0. The number of hydrogen-bond acceptors (Lipinski definition) is 2. The van der Waals surface area contributed by atoms with Crippen LogP contribution in [0, 0.1) is 0 Å². The van der Waals surface area contributed by atoms with Crippen LogP contribution in [0.2, 0.25) is 0 Å². The lowest BCUT2D eigenvalue weighted by molar-refractivity contribution is 0.636. The molecule has 0 N–H and O–H groups in total. The Hall–Kier alpha value is -4.56. The summed E-state index contributed by atoms with van der Waals surface area (Å²) < 4.78 is 0. The zero-order valence-electron chi connectivity index (χ0n) is 20.9. The van der Waals surface area contributed by atoms with E-state index >= 15 is 0 Å². The highest BCUT2D eigenvalue weighted by atomic mass is 14.9. The van der Waals surface area contributed by atoms with Gasteiger partial charge in [-0.05, 0) is 33.0 Å². The molecule has 0 amide bonds. The standard InChI is InChI=1S/C35H26N2/c1-35(2)29-22-21-25-13-9-10-16-28(25)30(29)31-32(36-34(37-33(31)35)27-14-7-4-8-15-27)26-19-17-24(18-20-26)23-11-5-3-6-12-23/h3-22H,1-2H3. The van der Waals surface area contributed by atoms with E-state index in [0.717, 1.165) is 33.9 Å². The predicted octanol–water partition coefficient (Wildman–Crippen LogP) is 8.94. The Morgan fingerprint density at radius 3 is 1.81 bits per heavy atom. The smallest absolute Gasteiger partial charge is 0.160 e. The molecule has 37 heavy (non-hydrogen) atoms. The van der Waals surface area contributed by atoms with Crippen LogP contribution in [0.1, 0.15) is 25.1 Å². The zero-order valence-corrected chi connectivity index (χ0v) is 20.9. The molecule has 176 valence electrons. The molecule has 1 aliphatic rings. The maximum atomic E-state index is 5.25. The highest BCUT2D eigenvalue weighted by Crippen LogP contribution is 2.53. The minimum Gasteiger partial charge on any atom is -0.231 e. The van der Waals surface area contributed by atoms with E-state index in [-0.39, 0.29) is 5.41 Å². The van der Waals surface area contributed by atoms with Gasteiger partial charge in [-0.2, -0.15) is 0 Å². The van der Waals surface area contributed by atoms with Crippen molar-refractivity contribution >= 4 is 10.8 Å². The Morgan fingerprint density at radius 2 is 1.08 bits per heavy atom. The summed E-state index contributed by atoms with van der Waals surface area (Å²) in [4.78, 5) is 10.5. The van der Waals surface area contributed by atoms with Crippen LogP contribution < -0.4 is 0 Å². The Bertz CT molecular complexity index is 1770. The monoisotopic (exact) mass is 474 g/mol. The van der Waals surface area contributed by atoms with Crippen molar-refractivity contribution in [1.29, 1.82) is 0 Å². The van der Waals surface area contributed by atoms with Crippen LogP contribution in [0.15, 0.2) is 121 Å². The molecule has 0 radical (unpaired) electrons. The third-order valence-electron chi connectivity index (χ3n) is 7.65. The summed E-state index contributed by atoms with van der Waals surface area (Å²) >= 11 is 0. The van der Waals surface area contributed by atoms with Gasteiger partial charge in [0, 0.05) is 22.1 Å². The second-order valence-electron chi connectivity index (χ2n) is 10.3. The Morgan fingerprint density at radius 1 is 0.486 bits per heavy atom. The summed E-state index contributed by atoms with van der Waals surface area (Å²) in [6, 6.07) is 42.8. The van der Waals surface area contributed by atoms with Crippen molar-refractivity contribution in [3.63, 3.8) is 0 Å². The van der Waals surface area contributed by atoms with Crippen LogP contribution in [0.5, 0.6) is 0 Å².